The second-order valence-electron chi connectivity index (χ2n) is 4.08. The van der Waals surface area contributed by atoms with E-state index in [0.717, 1.165) is 6.42 Å². The minimum Gasteiger partial charge on any atom is -0.462 e. The van der Waals surface area contributed by atoms with Crippen LogP contribution in [0.1, 0.15) is 23.7 Å². The van der Waals surface area contributed by atoms with Gasteiger partial charge in [-0.15, -0.1) is 0 Å². The molecule has 1 heterocycles. The highest BCUT2D eigenvalue weighted by Crippen LogP contribution is 2.26. The maximum Gasteiger partial charge on any atom is 0.340 e. The molecule has 0 saturated carbocycles. The molecule has 104 valence electrons. The molecule has 6 heteroatoms. The van der Waals surface area contributed by atoms with Crippen LogP contribution in [0.3, 0.4) is 0 Å². The van der Waals surface area contributed by atoms with Crippen molar-refractivity contribution in [3.8, 4) is 0 Å². The summed E-state index contributed by atoms with van der Waals surface area (Å²) in [6, 6.07) is 6.79. The van der Waals surface area contributed by atoms with Crippen molar-refractivity contribution < 1.29 is 14.3 Å². The molecule has 0 atom stereocenters. The number of H-pyrrole nitrogens is 1. The van der Waals surface area contributed by atoms with Crippen LogP contribution < -0.4 is 4.90 Å². The van der Waals surface area contributed by atoms with Crippen molar-refractivity contribution in [2.75, 3.05) is 11.5 Å². The van der Waals surface area contributed by atoms with E-state index in [9.17, 15) is 9.59 Å². The lowest BCUT2D eigenvalue weighted by Crippen LogP contribution is -2.18. The van der Waals surface area contributed by atoms with Crippen LogP contribution in [0.25, 0.3) is 0 Å². The van der Waals surface area contributed by atoms with Crippen LogP contribution >= 0.6 is 0 Å². The number of hydrogen-bond donors (Lipinski definition) is 1. The van der Waals surface area contributed by atoms with Gasteiger partial charge in [-0.05, 0) is 18.6 Å². The van der Waals surface area contributed by atoms with Gasteiger partial charge in [0.2, 0.25) is 6.41 Å². The minimum absolute atomic E-state index is 0.342. The average Bonchev–Trinajstić information content (AvgIpc) is 3.00. The summed E-state index contributed by atoms with van der Waals surface area (Å²) in [5, 5.41) is 6.43. The molecule has 2 aromatic rings. The predicted octanol–water partition coefficient (Wildman–Crippen LogP) is 2.27. The van der Waals surface area contributed by atoms with Crippen LogP contribution in [-0.2, 0) is 9.53 Å². The average molecular weight is 273 g/mol. The zero-order valence-corrected chi connectivity index (χ0v) is 11.1. The monoisotopic (exact) mass is 273 g/mol. The lowest BCUT2D eigenvalue weighted by molar-refractivity contribution is -0.106. The number of amides is 1. The van der Waals surface area contributed by atoms with E-state index >= 15 is 0 Å². The lowest BCUT2D eigenvalue weighted by Gasteiger charge is -2.18. The highest BCUT2D eigenvalue weighted by Gasteiger charge is 2.18. The number of benzene rings is 1. The third kappa shape index (κ3) is 2.85. The summed E-state index contributed by atoms with van der Waals surface area (Å²) in [5.74, 6) is -0.446. The van der Waals surface area contributed by atoms with Gasteiger partial charge in [-0.1, -0.05) is 19.1 Å². The Hall–Kier alpha value is -2.63. The standard InChI is InChI=1S/C14H15N3O3/c1-2-7-20-14(19)12-5-3-4-6-13(12)17(10-18)11-8-15-16-9-11/h3-6,8-10H,2,7H2,1H3,(H,15,16). The van der Waals surface area contributed by atoms with Crippen molar-refractivity contribution in [1.29, 1.82) is 0 Å². The smallest absolute Gasteiger partial charge is 0.340 e. The first-order chi connectivity index (χ1) is 9.77. The number of anilines is 2. The number of carbonyl (C=O) groups is 2. The van der Waals surface area contributed by atoms with Gasteiger partial charge in [-0.2, -0.15) is 5.10 Å². The van der Waals surface area contributed by atoms with Gasteiger partial charge in [0.15, 0.2) is 0 Å². The van der Waals surface area contributed by atoms with Crippen molar-refractivity contribution >= 4 is 23.8 Å². The number of para-hydroxylation sites is 1. The van der Waals surface area contributed by atoms with Gasteiger partial charge < -0.3 is 4.74 Å². The second kappa shape index (κ2) is 6.51. The molecule has 2 rings (SSSR count). The molecule has 0 fully saturated rings. The number of aromatic amines is 1. The Kier molecular flexibility index (Phi) is 4.49. The molecule has 0 bridgehead atoms. The molecule has 0 aliphatic rings. The Morgan fingerprint density at radius 3 is 2.90 bits per heavy atom. The van der Waals surface area contributed by atoms with E-state index in [1.165, 1.54) is 11.1 Å². The van der Waals surface area contributed by atoms with E-state index in [-0.39, 0.29) is 0 Å². The summed E-state index contributed by atoms with van der Waals surface area (Å²) in [6.45, 7) is 2.27. The molecule has 20 heavy (non-hydrogen) atoms. The number of aromatic nitrogens is 2. The van der Waals surface area contributed by atoms with E-state index in [0.29, 0.717) is 30.0 Å². The number of ether oxygens (including phenoxy) is 1. The summed E-state index contributed by atoms with van der Waals surface area (Å²) in [6.07, 6.45) is 4.45. The maximum absolute atomic E-state index is 12.0. The number of hydrogen-bond acceptors (Lipinski definition) is 4. The SMILES string of the molecule is CCCOC(=O)c1ccccc1N(C=O)c1cn[nH]c1. The fraction of sp³-hybridized carbons (Fsp3) is 0.214. The second-order valence-corrected chi connectivity index (χ2v) is 4.08. The van der Waals surface area contributed by atoms with Crippen LogP contribution in [0.2, 0.25) is 0 Å². The molecule has 0 saturated heterocycles. The van der Waals surface area contributed by atoms with E-state index < -0.39 is 5.97 Å². The van der Waals surface area contributed by atoms with Gasteiger partial charge in [0.05, 0.1) is 29.7 Å². The number of esters is 1. The van der Waals surface area contributed by atoms with Crippen molar-refractivity contribution in [1.82, 2.24) is 10.2 Å². The largest absolute Gasteiger partial charge is 0.462 e. The summed E-state index contributed by atoms with van der Waals surface area (Å²) < 4.78 is 5.12. The molecule has 1 amide bonds. The summed E-state index contributed by atoms with van der Waals surface area (Å²) in [5.41, 5.74) is 1.36. The lowest BCUT2D eigenvalue weighted by atomic mass is 10.1. The van der Waals surface area contributed by atoms with Crippen LogP contribution in [-0.4, -0.2) is 29.2 Å². The first-order valence-corrected chi connectivity index (χ1v) is 6.27. The highest BCUT2D eigenvalue weighted by atomic mass is 16.5. The fourth-order valence-corrected chi connectivity index (χ4v) is 1.76. The van der Waals surface area contributed by atoms with Crippen LogP contribution in [0.15, 0.2) is 36.7 Å². The van der Waals surface area contributed by atoms with Crippen molar-refractivity contribution in [2.45, 2.75) is 13.3 Å². The first kappa shape index (κ1) is 13.8. The maximum atomic E-state index is 12.0. The summed E-state index contributed by atoms with van der Waals surface area (Å²) in [4.78, 5) is 24.7. The van der Waals surface area contributed by atoms with Crippen LogP contribution in [0.5, 0.6) is 0 Å². The minimum atomic E-state index is -0.446. The number of carbonyl (C=O) groups excluding carboxylic acids is 2. The van der Waals surface area contributed by atoms with Gasteiger partial charge in [0.1, 0.15) is 0 Å². The molecule has 0 aliphatic heterocycles. The van der Waals surface area contributed by atoms with E-state index in [4.69, 9.17) is 4.74 Å². The van der Waals surface area contributed by atoms with Gasteiger partial charge in [-0.25, -0.2) is 4.79 Å². The van der Waals surface area contributed by atoms with Gasteiger partial charge in [0.25, 0.3) is 0 Å². The molecule has 1 aromatic heterocycles. The van der Waals surface area contributed by atoms with Gasteiger partial charge in [-0.3, -0.25) is 14.8 Å². The third-order valence-corrected chi connectivity index (χ3v) is 2.69. The first-order valence-electron chi connectivity index (χ1n) is 6.27. The molecule has 0 aliphatic carbocycles. The zero-order valence-electron chi connectivity index (χ0n) is 11.1. The molecule has 0 spiro atoms. The van der Waals surface area contributed by atoms with E-state index in [1.807, 2.05) is 6.92 Å². The molecule has 0 radical (unpaired) electrons. The number of nitrogens with one attached hydrogen (secondary N) is 1. The third-order valence-electron chi connectivity index (χ3n) is 2.69. The molecule has 1 N–H and O–H groups in total. The highest BCUT2D eigenvalue weighted by molar-refractivity contribution is 6.01. The zero-order chi connectivity index (χ0) is 14.4. The van der Waals surface area contributed by atoms with Crippen molar-refractivity contribution in [3.05, 3.63) is 42.2 Å². The summed E-state index contributed by atoms with van der Waals surface area (Å²) >= 11 is 0. The Balaban J connectivity index is 2.36. The Bertz CT molecular complexity index is 581. The number of rotatable bonds is 6. The predicted molar refractivity (Wildman–Crippen MR) is 73.8 cm³/mol. The normalized spacial score (nSPS) is 10.1. The molecular weight excluding hydrogens is 258 g/mol. The number of nitrogens with zero attached hydrogens (tertiary/aromatic N) is 2. The quantitative estimate of drug-likeness (QED) is 0.647. The molecule has 1 aromatic carbocycles. The Morgan fingerprint density at radius 2 is 2.25 bits per heavy atom. The van der Waals surface area contributed by atoms with E-state index in [1.54, 1.807) is 30.5 Å². The van der Waals surface area contributed by atoms with E-state index in [2.05, 4.69) is 10.2 Å². The van der Waals surface area contributed by atoms with Gasteiger partial charge in [0, 0.05) is 6.20 Å². The topological polar surface area (TPSA) is 75.3 Å². The van der Waals surface area contributed by atoms with Gasteiger partial charge >= 0.3 is 5.97 Å². The van der Waals surface area contributed by atoms with Crippen LogP contribution in [0.4, 0.5) is 11.4 Å². The Labute approximate surface area is 116 Å². The van der Waals surface area contributed by atoms with Crippen molar-refractivity contribution in [2.24, 2.45) is 0 Å². The van der Waals surface area contributed by atoms with Crippen molar-refractivity contribution in [3.63, 3.8) is 0 Å². The molecule has 0 unspecified atom stereocenters. The Morgan fingerprint density at radius 1 is 1.45 bits per heavy atom. The molecule has 6 nitrogen and oxygen atoms in total. The molecular formula is C14H15N3O3. The van der Waals surface area contributed by atoms with Crippen LogP contribution in [0, 0.1) is 0 Å². The summed E-state index contributed by atoms with van der Waals surface area (Å²) in [7, 11) is 0. The fourth-order valence-electron chi connectivity index (χ4n) is 1.76.